The first kappa shape index (κ1) is 57.0. The maximum Gasteiger partial charge on any atom is 0.411 e. The monoisotopic (exact) mass is 999 g/mol. The van der Waals surface area contributed by atoms with E-state index in [1.54, 1.807) is 41.5 Å². The summed E-state index contributed by atoms with van der Waals surface area (Å²) in [5, 5.41) is 64.1. The third-order valence-electron chi connectivity index (χ3n) is 11.0. The number of esters is 3. The number of aromatic hydroxyl groups is 3. The van der Waals surface area contributed by atoms with E-state index in [4.69, 9.17) is 33.5 Å². The molecular weight excluding hydrogens is 943 g/mol. The Morgan fingerprint density at radius 2 is 0.958 bits per heavy atom. The summed E-state index contributed by atoms with van der Waals surface area (Å²) in [4.78, 5) is 112. The molecule has 3 aromatic carbocycles. The Kier molecular flexibility index (Phi) is 20.8. The number of carbonyl (C=O) groups is 9. The number of aromatic carboxylic acids is 3. The summed E-state index contributed by atoms with van der Waals surface area (Å²) < 4.78 is 31.5. The van der Waals surface area contributed by atoms with Crippen molar-refractivity contribution < 1.29 is 102 Å². The Balaban J connectivity index is 1.66. The molecule has 0 aliphatic carbocycles. The molecule has 24 heteroatoms. The van der Waals surface area contributed by atoms with E-state index >= 15 is 0 Å². The molecule has 0 radical (unpaired) electrons. The van der Waals surface area contributed by atoms with Gasteiger partial charge in [0.15, 0.2) is 5.75 Å². The fourth-order valence-corrected chi connectivity index (χ4v) is 7.42. The van der Waals surface area contributed by atoms with Crippen molar-refractivity contribution in [1.82, 2.24) is 0 Å². The molecule has 0 fully saturated rings. The molecule has 0 bridgehead atoms. The van der Waals surface area contributed by atoms with Crippen LogP contribution in [0.1, 0.15) is 91.9 Å². The van der Waals surface area contributed by atoms with Gasteiger partial charge in [0, 0.05) is 17.4 Å². The van der Waals surface area contributed by atoms with Crippen LogP contribution in [0, 0.1) is 28.6 Å². The third-order valence-corrected chi connectivity index (χ3v) is 11.0. The second kappa shape index (κ2) is 25.9. The maximum atomic E-state index is 14.0. The molecule has 0 saturated heterocycles. The second-order valence-corrected chi connectivity index (χ2v) is 17.2. The van der Waals surface area contributed by atoms with Gasteiger partial charge >= 0.3 is 54.1 Å². The van der Waals surface area contributed by atoms with E-state index in [1.807, 2.05) is 0 Å². The number of hydrogen-bond acceptors (Lipinski definition) is 18. The number of para-hydroxylation sites is 1. The topological polar surface area (TPSA) is 366 Å². The predicted octanol–water partition coefficient (Wildman–Crippen LogP) is 6.68. The van der Waals surface area contributed by atoms with Gasteiger partial charge in [0.05, 0.1) is 23.4 Å². The van der Waals surface area contributed by atoms with Gasteiger partial charge in [-0.05, 0) is 72.6 Å². The zero-order chi connectivity index (χ0) is 53.2. The lowest BCUT2D eigenvalue weighted by molar-refractivity contribution is -0.162. The number of anilines is 3. The molecule has 3 unspecified atom stereocenters. The minimum absolute atomic E-state index is 0.0105. The van der Waals surface area contributed by atoms with Gasteiger partial charge in [-0.15, -0.1) is 0 Å². The van der Waals surface area contributed by atoms with Gasteiger partial charge in [-0.3, -0.25) is 30.3 Å². The van der Waals surface area contributed by atoms with Crippen LogP contribution >= 0.6 is 0 Å². The van der Waals surface area contributed by atoms with Gasteiger partial charge in [-0.25, -0.2) is 28.8 Å². The highest BCUT2D eigenvalue weighted by molar-refractivity contribution is 5.96. The molecule has 0 aliphatic rings. The van der Waals surface area contributed by atoms with Crippen LogP contribution in [0.4, 0.5) is 31.4 Å². The third kappa shape index (κ3) is 17.3. The number of phenols is 3. The summed E-state index contributed by atoms with van der Waals surface area (Å²) in [6.45, 7) is 7.57. The smallest absolute Gasteiger partial charge is 0.411 e. The Labute approximate surface area is 406 Å². The van der Waals surface area contributed by atoms with E-state index in [1.165, 1.54) is 24.3 Å². The largest absolute Gasteiger partial charge is 0.507 e. The minimum atomic E-state index is -1.43. The van der Waals surface area contributed by atoms with Gasteiger partial charge in [-0.1, -0.05) is 47.6 Å². The summed E-state index contributed by atoms with van der Waals surface area (Å²) in [5.74, 6) is -11.0. The van der Waals surface area contributed by atoms with Crippen molar-refractivity contribution >= 4 is 71.2 Å². The summed E-state index contributed by atoms with van der Waals surface area (Å²) in [5.41, 5.74) is -3.62. The molecule has 0 spiro atoms. The van der Waals surface area contributed by atoms with Gasteiger partial charge in [0.1, 0.15) is 67.8 Å². The molecule has 3 atom stereocenters. The summed E-state index contributed by atoms with van der Waals surface area (Å²) in [6.07, 6.45) is -2.90. The molecule has 3 amide bonds. The van der Waals surface area contributed by atoms with Gasteiger partial charge in [-0.2, -0.15) is 0 Å². The molecule has 386 valence electrons. The molecule has 71 heavy (non-hydrogen) atoms. The first-order chi connectivity index (χ1) is 33.3. The zero-order valence-corrected chi connectivity index (χ0v) is 39.6. The van der Waals surface area contributed by atoms with Gasteiger partial charge < -0.3 is 59.1 Å². The molecule has 0 aliphatic heterocycles. The normalized spacial score (nSPS) is 12.4. The average Bonchev–Trinajstić information content (AvgIpc) is 3.28. The summed E-state index contributed by atoms with van der Waals surface area (Å²) in [6, 6.07) is 10.3. The van der Waals surface area contributed by atoms with Crippen LogP contribution in [0.3, 0.4) is 0 Å². The Morgan fingerprint density at radius 1 is 0.507 bits per heavy atom. The lowest BCUT2D eigenvalue weighted by Crippen LogP contribution is -2.42. The molecule has 3 aromatic rings. The van der Waals surface area contributed by atoms with Crippen LogP contribution in [0.15, 0.2) is 54.6 Å². The van der Waals surface area contributed by atoms with Crippen molar-refractivity contribution in [1.29, 1.82) is 0 Å². The molecular formula is C47H57N3O21. The highest BCUT2D eigenvalue weighted by Gasteiger charge is 2.45. The van der Waals surface area contributed by atoms with E-state index in [9.17, 15) is 68.7 Å². The Morgan fingerprint density at radius 3 is 1.46 bits per heavy atom. The molecule has 0 heterocycles. The van der Waals surface area contributed by atoms with Crippen LogP contribution in [-0.2, 0) is 42.8 Å². The van der Waals surface area contributed by atoms with Crippen LogP contribution < -0.4 is 16.0 Å². The minimum Gasteiger partial charge on any atom is -0.507 e. The number of carboxylic acid groups (broad SMARTS) is 3. The Hall–Kier alpha value is -8.31. The lowest BCUT2D eigenvalue weighted by atomic mass is 9.63. The molecule has 9 N–H and O–H groups in total. The quantitative estimate of drug-likeness (QED) is 0.0140. The summed E-state index contributed by atoms with van der Waals surface area (Å²) in [7, 11) is 0. The first-order valence-electron chi connectivity index (χ1n) is 21.8. The van der Waals surface area contributed by atoms with Gasteiger partial charge in [0.25, 0.3) is 0 Å². The van der Waals surface area contributed by atoms with Crippen molar-refractivity contribution in [2.24, 2.45) is 28.6 Å². The fraction of sp³-hybridized carbons (Fsp3) is 0.426. The van der Waals surface area contributed by atoms with Crippen LogP contribution in [0.5, 0.6) is 17.2 Å². The van der Waals surface area contributed by atoms with Crippen molar-refractivity contribution in [3.63, 3.8) is 0 Å². The predicted molar refractivity (Wildman–Crippen MR) is 246 cm³/mol. The molecule has 0 aromatic heterocycles. The summed E-state index contributed by atoms with van der Waals surface area (Å²) >= 11 is 0. The van der Waals surface area contributed by atoms with Crippen LogP contribution in [0.25, 0.3) is 0 Å². The van der Waals surface area contributed by atoms with E-state index in [0.717, 1.165) is 30.3 Å². The van der Waals surface area contributed by atoms with Crippen molar-refractivity contribution in [2.45, 2.75) is 60.8 Å². The fourth-order valence-electron chi connectivity index (χ4n) is 7.42. The number of amides is 3. The SMILES string of the molecule is CCC(C(=O)OCCOC(=O)Nc1cccc(C(=O)O)c1O)C(C)(C)CC(C(=O)OCCOC(=O)Nc1ccc(C(=O)O)c(O)c1)C(C)(C)CC(C)C(=O)OCCOC(=O)Nc1ccc(O)c(C(=O)O)c1. The number of hydrogen-bond donors (Lipinski definition) is 9. The maximum absolute atomic E-state index is 14.0. The van der Waals surface area contributed by atoms with Crippen molar-refractivity contribution in [2.75, 3.05) is 55.6 Å². The highest BCUT2D eigenvalue weighted by atomic mass is 16.6. The lowest BCUT2D eigenvalue weighted by Gasteiger charge is -2.41. The number of nitrogens with one attached hydrogen (secondary N) is 3. The molecule has 24 nitrogen and oxygen atoms in total. The van der Waals surface area contributed by atoms with Crippen LogP contribution in [0.2, 0.25) is 0 Å². The van der Waals surface area contributed by atoms with E-state index in [2.05, 4.69) is 16.0 Å². The van der Waals surface area contributed by atoms with E-state index in [-0.39, 0.29) is 42.9 Å². The standard InChI is InChI=1S/C47H57N3O21/c1-7-31(41(61)67-16-20-71-45(65)50-33-10-8-9-29(36(33)53)38(56)57)47(5,6)24-32(42(62)68-17-19-70-44(64)49-27-11-13-28(37(54)55)35(52)22-27)46(3,4)23-25(2)40(60)66-15-18-69-43(63)48-26-12-14-34(51)30(21-26)39(58)59/h8-14,21-22,25,31-32,51-53H,7,15-20,23-24H2,1-6H3,(H,48,63)(H,49,64)(H,50,65)(H,54,55)(H,56,57)(H,58,59). The number of rotatable bonds is 25. The van der Waals surface area contributed by atoms with Crippen LogP contribution in [-0.4, -0.2) is 124 Å². The molecule has 3 rings (SSSR count). The number of ether oxygens (including phenoxy) is 6. The number of carbonyl (C=O) groups excluding carboxylic acids is 6. The highest BCUT2D eigenvalue weighted by Crippen LogP contribution is 2.45. The van der Waals surface area contributed by atoms with Crippen molar-refractivity contribution in [3.05, 3.63) is 71.3 Å². The zero-order valence-electron chi connectivity index (χ0n) is 39.6. The molecule has 0 saturated carbocycles. The number of benzene rings is 3. The Bertz CT molecular complexity index is 2450. The van der Waals surface area contributed by atoms with E-state index < -0.39 is 150 Å². The average molecular weight is 1000 g/mol. The van der Waals surface area contributed by atoms with Gasteiger partial charge in [0.2, 0.25) is 0 Å². The second-order valence-electron chi connectivity index (χ2n) is 17.2. The first-order valence-corrected chi connectivity index (χ1v) is 21.8. The van der Waals surface area contributed by atoms with E-state index in [0.29, 0.717) is 0 Å². The van der Waals surface area contributed by atoms with Crippen molar-refractivity contribution in [3.8, 4) is 17.2 Å². The number of carboxylic acids is 3.